The number of sulfone groups is 1. The first kappa shape index (κ1) is 27.5. The normalized spacial score (nSPS) is 14.7. The molecule has 38 heavy (non-hydrogen) atoms. The molecule has 1 aliphatic rings. The zero-order valence-corrected chi connectivity index (χ0v) is 22.3. The number of nitrogens with zero attached hydrogens (tertiary/aromatic N) is 3. The van der Waals surface area contributed by atoms with E-state index in [4.69, 9.17) is 14.2 Å². The molecule has 2 aromatic carbocycles. The minimum absolute atomic E-state index is 0.102. The maximum Gasteiger partial charge on any atom is 0.229 e. The van der Waals surface area contributed by atoms with Crippen molar-refractivity contribution in [3.05, 3.63) is 65.7 Å². The Morgan fingerprint density at radius 1 is 1.08 bits per heavy atom. The van der Waals surface area contributed by atoms with Crippen molar-refractivity contribution in [2.24, 2.45) is 0 Å². The fourth-order valence-corrected chi connectivity index (χ4v) is 4.79. The first-order chi connectivity index (χ1) is 18.1. The third-order valence-corrected chi connectivity index (χ3v) is 7.41. The van der Waals surface area contributed by atoms with Crippen LogP contribution in [0, 0.1) is 12.7 Å². The smallest absolute Gasteiger partial charge is 0.229 e. The SMILES string of the molecule is COc1ccc(CC(=O)CN2CCC(Oc3ncnc(Oc4ccc(S(C)(=O)=O)cc4F)c3C)CC2)cc1. The van der Waals surface area contributed by atoms with Crippen molar-refractivity contribution in [1.82, 2.24) is 14.9 Å². The maximum atomic E-state index is 14.5. The van der Waals surface area contributed by atoms with Crippen molar-refractivity contribution >= 4 is 15.6 Å². The number of ether oxygens (including phenoxy) is 3. The van der Waals surface area contributed by atoms with E-state index in [9.17, 15) is 17.6 Å². The van der Waals surface area contributed by atoms with Crippen LogP contribution in [-0.2, 0) is 21.1 Å². The van der Waals surface area contributed by atoms with Gasteiger partial charge in [-0.3, -0.25) is 9.69 Å². The molecule has 1 aliphatic heterocycles. The van der Waals surface area contributed by atoms with Gasteiger partial charge in [-0.15, -0.1) is 0 Å². The number of benzene rings is 2. The summed E-state index contributed by atoms with van der Waals surface area (Å²) in [6, 6.07) is 10.9. The Hall–Kier alpha value is -3.57. The zero-order chi connectivity index (χ0) is 27.3. The fourth-order valence-electron chi connectivity index (χ4n) is 4.16. The van der Waals surface area contributed by atoms with E-state index in [2.05, 4.69) is 14.9 Å². The molecule has 11 heteroatoms. The van der Waals surface area contributed by atoms with Gasteiger partial charge in [-0.25, -0.2) is 22.8 Å². The summed E-state index contributed by atoms with van der Waals surface area (Å²) in [4.78, 5) is 22.8. The number of hydrogen-bond donors (Lipinski definition) is 0. The number of Topliss-reactive ketones (excluding diaryl/α,β-unsaturated/α-hetero) is 1. The van der Waals surface area contributed by atoms with Crippen molar-refractivity contribution in [3.8, 4) is 23.3 Å². The Bertz CT molecular complexity index is 1390. The van der Waals surface area contributed by atoms with Crippen LogP contribution in [0.5, 0.6) is 23.3 Å². The van der Waals surface area contributed by atoms with Gasteiger partial charge in [0.05, 0.1) is 24.1 Å². The Morgan fingerprint density at radius 2 is 1.76 bits per heavy atom. The van der Waals surface area contributed by atoms with Crippen LogP contribution in [0.25, 0.3) is 0 Å². The second-order valence-corrected chi connectivity index (χ2v) is 11.2. The lowest BCUT2D eigenvalue weighted by Crippen LogP contribution is -2.41. The van der Waals surface area contributed by atoms with Crippen LogP contribution < -0.4 is 14.2 Å². The highest BCUT2D eigenvalue weighted by Crippen LogP contribution is 2.31. The van der Waals surface area contributed by atoms with Crippen molar-refractivity contribution in [1.29, 1.82) is 0 Å². The average molecular weight is 544 g/mol. The summed E-state index contributed by atoms with van der Waals surface area (Å²) < 4.78 is 54.6. The van der Waals surface area contributed by atoms with E-state index in [0.29, 0.717) is 37.5 Å². The number of piperidine rings is 1. The minimum Gasteiger partial charge on any atom is -0.497 e. The molecule has 0 N–H and O–H groups in total. The summed E-state index contributed by atoms with van der Waals surface area (Å²) in [5.41, 5.74) is 1.45. The molecule has 202 valence electrons. The van der Waals surface area contributed by atoms with Gasteiger partial charge >= 0.3 is 0 Å². The van der Waals surface area contributed by atoms with E-state index in [0.717, 1.165) is 36.5 Å². The van der Waals surface area contributed by atoms with Gasteiger partial charge in [0.25, 0.3) is 0 Å². The zero-order valence-electron chi connectivity index (χ0n) is 21.5. The number of rotatable bonds is 10. The van der Waals surface area contributed by atoms with E-state index in [1.165, 1.54) is 18.5 Å². The molecule has 3 aromatic rings. The van der Waals surface area contributed by atoms with Gasteiger partial charge in [-0.05, 0) is 55.7 Å². The second kappa shape index (κ2) is 11.9. The average Bonchev–Trinajstić information content (AvgIpc) is 2.88. The summed E-state index contributed by atoms with van der Waals surface area (Å²) >= 11 is 0. The van der Waals surface area contributed by atoms with Crippen LogP contribution in [0.4, 0.5) is 4.39 Å². The van der Waals surface area contributed by atoms with Crippen LogP contribution in [0.2, 0.25) is 0 Å². The lowest BCUT2D eigenvalue weighted by molar-refractivity contribution is -0.120. The first-order valence-electron chi connectivity index (χ1n) is 12.1. The van der Waals surface area contributed by atoms with Crippen molar-refractivity contribution in [2.45, 2.75) is 37.2 Å². The molecule has 0 aliphatic carbocycles. The Morgan fingerprint density at radius 3 is 2.39 bits per heavy atom. The largest absolute Gasteiger partial charge is 0.497 e. The number of hydrogen-bond acceptors (Lipinski definition) is 9. The third-order valence-electron chi connectivity index (χ3n) is 6.30. The summed E-state index contributed by atoms with van der Waals surface area (Å²) in [6.07, 6.45) is 3.99. The molecule has 0 amide bonds. The lowest BCUT2D eigenvalue weighted by Gasteiger charge is -2.31. The molecule has 0 spiro atoms. The molecule has 0 saturated carbocycles. The number of methoxy groups -OCH3 is 1. The maximum absolute atomic E-state index is 14.5. The first-order valence-corrected chi connectivity index (χ1v) is 14.0. The molecule has 0 unspecified atom stereocenters. The number of carbonyl (C=O) groups is 1. The molecule has 0 radical (unpaired) electrons. The summed E-state index contributed by atoms with van der Waals surface area (Å²) in [5.74, 6) is 0.385. The van der Waals surface area contributed by atoms with Gasteiger partial charge < -0.3 is 14.2 Å². The number of aromatic nitrogens is 2. The van der Waals surface area contributed by atoms with Gasteiger partial charge in [0.2, 0.25) is 11.8 Å². The van der Waals surface area contributed by atoms with Crippen molar-refractivity contribution in [2.75, 3.05) is 33.0 Å². The van der Waals surface area contributed by atoms with Crippen molar-refractivity contribution in [3.63, 3.8) is 0 Å². The van der Waals surface area contributed by atoms with Gasteiger partial charge in [0.15, 0.2) is 27.2 Å². The topological polar surface area (TPSA) is 108 Å². The van der Waals surface area contributed by atoms with Gasteiger partial charge in [-0.1, -0.05) is 12.1 Å². The highest BCUT2D eigenvalue weighted by Gasteiger charge is 2.24. The van der Waals surface area contributed by atoms with E-state index >= 15 is 0 Å². The summed E-state index contributed by atoms with van der Waals surface area (Å²) in [5, 5.41) is 0. The number of ketones is 1. The Labute approximate surface area is 221 Å². The minimum atomic E-state index is -3.54. The molecular weight excluding hydrogens is 513 g/mol. The van der Waals surface area contributed by atoms with Gasteiger partial charge in [-0.2, -0.15) is 0 Å². The Kier molecular flexibility index (Phi) is 8.58. The lowest BCUT2D eigenvalue weighted by atomic mass is 10.1. The van der Waals surface area contributed by atoms with E-state index < -0.39 is 15.7 Å². The molecular formula is C27H30FN3O6S. The van der Waals surface area contributed by atoms with Crippen LogP contribution in [0.3, 0.4) is 0 Å². The molecule has 2 heterocycles. The molecule has 4 rings (SSSR count). The van der Waals surface area contributed by atoms with Crippen LogP contribution >= 0.6 is 0 Å². The van der Waals surface area contributed by atoms with E-state index in [-0.39, 0.29) is 28.4 Å². The molecule has 1 aromatic heterocycles. The molecule has 1 saturated heterocycles. The highest BCUT2D eigenvalue weighted by molar-refractivity contribution is 7.90. The Balaban J connectivity index is 1.30. The van der Waals surface area contributed by atoms with E-state index in [1.54, 1.807) is 14.0 Å². The van der Waals surface area contributed by atoms with Crippen LogP contribution in [0.1, 0.15) is 24.0 Å². The number of likely N-dealkylation sites (tertiary alicyclic amines) is 1. The van der Waals surface area contributed by atoms with E-state index in [1.807, 2.05) is 24.3 Å². The number of carbonyl (C=O) groups excluding carboxylic acids is 1. The van der Waals surface area contributed by atoms with Gasteiger partial charge in [0.1, 0.15) is 18.2 Å². The van der Waals surface area contributed by atoms with Crippen molar-refractivity contribution < 1.29 is 31.8 Å². The predicted molar refractivity (Wildman–Crippen MR) is 138 cm³/mol. The molecule has 1 fully saturated rings. The molecule has 0 atom stereocenters. The summed E-state index contributed by atoms with van der Waals surface area (Å²) in [6.45, 7) is 3.52. The fraction of sp³-hybridized carbons (Fsp3) is 0.370. The third kappa shape index (κ3) is 7.05. The highest BCUT2D eigenvalue weighted by atomic mass is 32.2. The van der Waals surface area contributed by atoms with Crippen LogP contribution in [0.15, 0.2) is 53.7 Å². The van der Waals surface area contributed by atoms with Crippen LogP contribution in [-0.4, -0.2) is 68.2 Å². The molecule has 0 bridgehead atoms. The summed E-state index contributed by atoms with van der Waals surface area (Å²) in [7, 11) is -1.93. The molecule has 9 nitrogen and oxygen atoms in total. The quantitative estimate of drug-likeness (QED) is 0.377. The predicted octanol–water partition coefficient (Wildman–Crippen LogP) is 3.78. The standard InChI is InChI=1S/C27H30FN3O6S/c1-18-26(29-17-30-27(18)37-25-9-8-23(15-24(25)28)38(3,33)34)36-22-10-12-31(13-11-22)16-20(32)14-19-4-6-21(35-2)7-5-19/h4-9,15,17,22H,10-14,16H2,1-3H3. The van der Waals surface area contributed by atoms with Gasteiger partial charge in [0, 0.05) is 25.8 Å². The monoisotopic (exact) mass is 543 g/mol. The number of halogens is 1. The second-order valence-electron chi connectivity index (χ2n) is 9.23.